The molecule has 1 aromatic heterocycles. The van der Waals surface area contributed by atoms with E-state index in [2.05, 4.69) is 4.98 Å². The highest BCUT2D eigenvalue weighted by Crippen LogP contribution is 2.25. The zero-order valence-corrected chi connectivity index (χ0v) is 10.2. The van der Waals surface area contributed by atoms with Crippen LogP contribution >= 0.6 is 11.6 Å². The van der Waals surface area contributed by atoms with E-state index in [-0.39, 0.29) is 0 Å². The third-order valence-electron chi connectivity index (χ3n) is 2.37. The van der Waals surface area contributed by atoms with Crippen molar-refractivity contribution in [2.45, 2.75) is 13.5 Å². The van der Waals surface area contributed by atoms with Crippen LogP contribution in [-0.4, -0.2) is 4.98 Å². The first-order valence-electron chi connectivity index (χ1n) is 5.27. The Hall–Kier alpha value is -1.58. The standard InChI is InChI=1S/C13H13ClN2O/c1-9-4-11(2-3-13(9)14)17-12-5-10(6-15)7-16-8-12/h2-5,7-8H,6,15H2,1H3. The summed E-state index contributed by atoms with van der Waals surface area (Å²) in [5.74, 6) is 1.41. The van der Waals surface area contributed by atoms with Gasteiger partial charge in [0.2, 0.25) is 0 Å². The topological polar surface area (TPSA) is 48.1 Å². The molecule has 2 N–H and O–H groups in total. The van der Waals surface area contributed by atoms with Gasteiger partial charge in [0.25, 0.3) is 0 Å². The van der Waals surface area contributed by atoms with E-state index in [0.717, 1.165) is 21.9 Å². The Labute approximate surface area is 105 Å². The fourth-order valence-corrected chi connectivity index (χ4v) is 1.57. The lowest BCUT2D eigenvalue weighted by Crippen LogP contribution is -1.97. The van der Waals surface area contributed by atoms with Crippen molar-refractivity contribution in [2.24, 2.45) is 5.73 Å². The average molecular weight is 249 g/mol. The fraction of sp³-hybridized carbons (Fsp3) is 0.154. The number of hydrogen-bond acceptors (Lipinski definition) is 3. The van der Waals surface area contributed by atoms with Crippen LogP contribution in [0.15, 0.2) is 36.7 Å². The van der Waals surface area contributed by atoms with Crippen LogP contribution in [0.2, 0.25) is 5.02 Å². The Kier molecular flexibility index (Phi) is 3.61. The highest BCUT2D eigenvalue weighted by atomic mass is 35.5. The molecule has 0 unspecified atom stereocenters. The van der Waals surface area contributed by atoms with E-state index in [1.165, 1.54) is 0 Å². The molecule has 0 spiro atoms. The maximum Gasteiger partial charge on any atom is 0.146 e. The summed E-state index contributed by atoms with van der Waals surface area (Å²) in [5, 5.41) is 0.728. The van der Waals surface area contributed by atoms with Gasteiger partial charge in [0.1, 0.15) is 11.5 Å². The number of rotatable bonds is 3. The quantitative estimate of drug-likeness (QED) is 0.907. The second-order valence-corrected chi connectivity index (χ2v) is 4.15. The number of hydrogen-bond donors (Lipinski definition) is 1. The predicted octanol–water partition coefficient (Wildman–Crippen LogP) is 3.29. The van der Waals surface area contributed by atoms with Gasteiger partial charge >= 0.3 is 0 Å². The molecule has 88 valence electrons. The average Bonchev–Trinajstić information content (AvgIpc) is 2.34. The Balaban J connectivity index is 2.22. The number of benzene rings is 1. The van der Waals surface area contributed by atoms with E-state index >= 15 is 0 Å². The molecule has 1 heterocycles. The molecule has 17 heavy (non-hydrogen) atoms. The molecule has 0 fully saturated rings. The molecule has 0 saturated heterocycles. The van der Waals surface area contributed by atoms with Crippen molar-refractivity contribution in [3.8, 4) is 11.5 Å². The van der Waals surface area contributed by atoms with Gasteiger partial charge in [-0.2, -0.15) is 0 Å². The lowest BCUT2D eigenvalue weighted by Gasteiger charge is -2.07. The van der Waals surface area contributed by atoms with Crippen LogP contribution in [0.5, 0.6) is 11.5 Å². The SMILES string of the molecule is Cc1cc(Oc2cncc(CN)c2)ccc1Cl. The first kappa shape index (κ1) is 11.9. The van der Waals surface area contributed by atoms with Crippen molar-refractivity contribution in [3.63, 3.8) is 0 Å². The van der Waals surface area contributed by atoms with Crippen molar-refractivity contribution in [2.75, 3.05) is 0 Å². The molecule has 2 rings (SSSR count). The lowest BCUT2D eigenvalue weighted by atomic mass is 10.2. The van der Waals surface area contributed by atoms with Gasteiger partial charge in [-0.25, -0.2) is 0 Å². The minimum atomic E-state index is 0.448. The number of aromatic nitrogens is 1. The van der Waals surface area contributed by atoms with Crippen LogP contribution in [0.4, 0.5) is 0 Å². The van der Waals surface area contributed by atoms with E-state index in [0.29, 0.717) is 12.3 Å². The summed E-state index contributed by atoms with van der Waals surface area (Å²) in [6, 6.07) is 7.39. The maximum absolute atomic E-state index is 5.95. The molecule has 0 aliphatic heterocycles. The summed E-state index contributed by atoms with van der Waals surface area (Å²) >= 11 is 5.95. The molecular weight excluding hydrogens is 236 g/mol. The minimum Gasteiger partial charge on any atom is -0.456 e. The summed E-state index contributed by atoms with van der Waals surface area (Å²) in [6.07, 6.45) is 3.38. The van der Waals surface area contributed by atoms with Gasteiger partial charge in [-0.05, 0) is 42.3 Å². The number of pyridine rings is 1. The summed E-state index contributed by atoms with van der Waals surface area (Å²) in [4.78, 5) is 4.06. The zero-order valence-electron chi connectivity index (χ0n) is 9.48. The highest BCUT2D eigenvalue weighted by molar-refractivity contribution is 6.31. The molecule has 0 bridgehead atoms. The highest BCUT2D eigenvalue weighted by Gasteiger charge is 2.01. The molecule has 0 aliphatic carbocycles. The van der Waals surface area contributed by atoms with Crippen LogP contribution in [0.25, 0.3) is 0 Å². The summed E-state index contributed by atoms with van der Waals surface area (Å²) in [5.41, 5.74) is 7.46. The summed E-state index contributed by atoms with van der Waals surface area (Å²) in [7, 11) is 0. The van der Waals surface area contributed by atoms with Crippen LogP contribution in [0.1, 0.15) is 11.1 Å². The van der Waals surface area contributed by atoms with E-state index in [4.69, 9.17) is 22.1 Å². The van der Waals surface area contributed by atoms with Gasteiger partial charge in [0, 0.05) is 17.8 Å². The number of halogens is 1. The number of nitrogens with two attached hydrogens (primary N) is 1. The molecule has 0 aliphatic rings. The number of nitrogens with zero attached hydrogens (tertiary/aromatic N) is 1. The van der Waals surface area contributed by atoms with Crippen molar-refractivity contribution < 1.29 is 4.74 Å². The van der Waals surface area contributed by atoms with Crippen LogP contribution < -0.4 is 10.5 Å². The molecule has 2 aromatic rings. The van der Waals surface area contributed by atoms with E-state index < -0.39 is 0 Å². The maximum atomic E-state index is 5.95. The first-order valence-corrected chi connectivity index (χ1v) is 5.65. The fourth-order valence-electron chi connectivity index (χ4n) is 1.45. The smallest absolute Gasteiger partial charge is 0.146 e. The van der Waals surface area contributed by atoms with Crippen molar-refractivity contribution >= 4 is 11.6 Å². The van der Waals surface area contributed by atoms with Crippen molar-refractivity contribution in [3.05, 3.63) is 52.8 Å². The Bertz CT molecular complexity index is 529. The Morgan fingerprint density at radius 3 is 2.76 bits per heavy atom. The van der Waals surface area contributed by atoms with Gasteiger partial charge in [0.05, 0.1) is 6.20 Å². The van der Waals surface area contributed by atoms with Crippen LogP contribution in [-0.2, 0) is 6.54 Å². The second-order valence-electron chi connectivity index (χ2n) is 3.75. The molecule has 1 aromatic carbocycles. The Morgan fingerprint density at radius 1 is 1.24 bits per heavy atom. The minimum absolute atomic E-state index is 0.448. The molecule has 4 heteroatoms. The van der Waals surface area contributed by atoms with Crippen molar-refractivity contribution in [1.82, 2.24) is 4.98 Å². The molecule has 0 radical (unpaired) electrons. The van der Waals surface area contributed by atoms with E-state index in [1.807, 2.05) is 31.2 Å². The monoisotopic (exact) mass is 248 g/mol. The third-order valence-corrected chi connectivity index (χ3v) is 2.79. The van der Waals surface area contributed by atoms with E-state index in [9.17, 15) is 0 Å². The Morgan fingerprint density at radius 2 is 2.06 bits per heavy atom. The van der Waals surface area contributed by atoms with Gasteiger partial charge in [-0.3, -0.25) is 4.98 Å². The van der Waals surface area contributed by atoms with Gasteiger partial charge in [-0.1, -0.05) is 11.6 Å². The molecule has 0 saturated carbocycles. The van der Waals surface area contributed by atoms with Crippen LogP contribution in [0.3, 0.4) is 0 Å². The summed E-state index contributed by atoms with van der Waals surface area (Å²) in [6.45, 7) is 2.38. The largest absolute Gasteiger partial charge is 0.456 e. The third kappa shape index (κ3) is 2.96. The van der Waals surface area contributed by atoms with Gasteiger partial charge in [-0.15, -0.1) is 0 Å². The second kappa shape index (κ2) is 5.17. The molecule has 0 amide bonds. The van der Waals surface area contributed by atoms with E-state index in [1.54, 1.807) is 12.4 Å². The normalized spacial score (nSPS) is 10.3. The predicted molar refractivity (Wildman–Crippen MR) is 68.4 cm³/mol. The van der Waals surface area contributed by atoms with Crippen molar-refractivity contribution in [1.29, 1.82) is 0 Å². The van der Waals surface area contributed by atoms with Crippen LogP contribution in [0, 0.1) is 6.92 Å². The zero-order chi connectivity index (χ0) is 12.3. The molecular formula is C13H13ClN2O. The summed E-state index contributed by atoms with van der Waals surface area (Å²) < 4.78 is 5.68. The lowest BCUT2D eigenvalue weighted by molar-refractivity contribution is 0.479. The molecule has 0 atom stereocenters. The first-order chi connectivity index (χ1) is 8.19. The number of aryl methyl sites for hydroxylation is 1. The number of ether oxygens (including phenoxy) is 1. The van der Waals surface area contributed by atoms with Gasteiger partial charge < -0.3 is 10.5 Å². The van der Waals surface area contributed by atoms with Gasteiger partial charge in [0.15, 0.2) is 0 Å². The molecule has 3 nitrogen and oxygen atoms in total.